The lowest BCUT2D eigenvalue weighted by Crippen LogP contribution is -2.44. The van der Waals surface area contributed by atoms with Crippen LogP contribution < -0.4 is 11.2 Å². The Morgan fingerprint density at radius 2 is 2.00 bits per heavy atom. The number of halogens is 4. The Bertz CT molecular complexity index is 149. The van der Waals surface area contributed by atoms with E-state index < -0.39 is 18.8 Å². The molecule has 0 aromatic carbocycles. The van der Waals surface area contributed by atoms with Gasteiger partial charge in [-0.05, 0) is 0 Å². The summed E-state index contributed by atoms with van der Waals surface area (Å²) in [4.78, 5) is 10.4. The zero-order valence-corrected chi connectivity index (χ0v) is 7.00. The summed E-state index contributed by atoms with van der Waals surface area (Å²) in [5.41, 5.74) is 0. The Balaban J connectivity index is 0. The zero-order chi connectivity index (χ0) is 9.07. The molecule has 0 rings (SSSR count). The summed E-state index contributed by atoms with van der Waals surface area (Å²) in [5.74, 6) is 4.82. The van der Waals surface area contributed by atoms with E-state index in [1.807, 2.05) is 0 Å². The first kappa shape index (κ1) is 13.9. The van der Waals surface area contributed by atoms with Crippen LogP contribution in [0.5, 0.6) is 0 Å². The molecule has 3 N–H and O–H groups in total. The van der Waals surface area contributed by atoms with Gasteiger partial charge in [0.2, 0.25) is 0 Å². The molecule has 0 fully saturated rings. The Kier molecular flexibility index (Phi) is 5.83. The minimum atomic E-state index is -4.40. The van der Waals surface area contributed by atoms with Gasteiger partial charge in [0.05, 0.1) is 0 Å². The summed E-state index contributed by atoms with van der Waals surface area (Å²) < 4.78 is 34.2. The molecule has 0 aliphatic heterocycles. The molecule has 0 radical (unpaired) electrons. The molecule has 4 nitrogen and oxygen atoms in total. The number of urea groups is 1. The number of nitrogens with zero attached hydrogens (tertiary/aromatic N) is 1. The van der Waals surface area contributed by atoms with E-state index >= 15 is 0 Å². The maximum atomic E-state index is 11.4. The van der Waals surface area contributed by atoms with Crippen LogP contribution in [0.2, 0.25) is 0 Å². The normalized spacial score (nSPS) is 10.1. The van der Waals surface area contributed by atoms with Crippen LogP contribution in [-0.2, 0) is 0 Å². The minimum absolute atomic E-state index is 0. The molecular weight excluding hydrogens is 199 g/mol. The van der Waals surface area contributed by atoms with E-state index in [0.717, 1.165) is 7.05 Å². The van der Waals surface area contributed by atoms with Crippen LogP contribution in [0, 0.1) is 0 Å². The van der Waals surface area contributed by atoms with Crippen molar-refractivity contribution in [2.24, 2.45) is 5.84 Å². The Morgan fingerprint density at radius 3 is 2.25 bits per heavy atom. The van der Waals surface area contributed by atoms with Crippen molar-refractivity contribution in [2.45, 2.75) is 6.18 Å². The third-order valence-electron chi connectivity index (χ3n) is 0.760. The van der Waals surface area contributed by atoms with Gasteiger partial charge in [-0.2, -0.15) is 13.2 Å². The van der Waals surface area contributed by atoms with Crippen LogP contribution in [0.15, 0.2) is 0 Å². The highest BCUT2D eigenvalue weighted by Crippen LogP contribution is 2.11. The summed E-state index contributed by atoms with van der Waals surface area (Å²) in [6, 6.07) is -0.970. The number of nitrogens with two attached hydrogens (primary N) is 1. The quantitative estimate of drug-likeness (QED) is 0.373. The molecule has 12 heavy (non-hydrogen) atoms. The largest absolute Gasteiger partial charge is 0.405 e. The molecule has 0 aromatic rings. The third-order valence-corrected chi connectivity index (χ3v) is 0.760. The van der Waals surface area contributed by atoms with Crippen LogP contribution >= 0.6 is 12.4 Å². The average molecular weight is 208 g/mol. The highest BCUT2D eigenvalue weighted by Gasteiger charge is 2.27. The van der Waals surface area contributed by atoms with Gasteiger partial charge in [-0.15, -0.1) is 12.4 Å². The first-order valence-electron chi connectivity index (χ1n) is 2.66. The lowest BCUT2D eigenvalue weighted by Gasteiger charge is -2.12. The van der Waals surface area contributed by atoms with Crippen molar-refractivity contribution in [1.82, 2.24) is 10.3 Å². The Morgan fingerprint density at radius 1 is 1.58 bits per heavy atom. The van der Waals surface area contributed by atoms with Gasteiger partial charge in [0, 0.05) is 7.05 Å². The number of carbonyl (C=O) groups excluding carboxylic acids is 1. The average Bonchev–Trinajstić information content (AvgIpc) is 1.80. The lowest BCUT2D eigenvalue weighted by molar-refractivity contribution is -0.123. The molecule has 74 valence electrons. The molecule has 0 spiro atoms. The van der Waals surface area contributed by atoms with Gasteiger partial charge < -0.3 is 5.32 Å². The summed E-state index contributed by atoms with van der Waals surface area (Å²) in [5, 5.41) is 2.09. The number of hydrazine groups is 1. The van der Waals surface area contributed by atoms with Crippen LogP contribution in [-0.4, -0.2) is 30.8 Å². The number of carbonyl (C=O) groups is 1. The van der Waals surface area contributed by atoms with Gasteiger partial charge in [-0.3, -0.25) is 5.01 Å². The number of rotatable bonds is 1. The second-order valence-corrected chi connectivity index (χ2v) is 1.88. The summed E-state index contributed by atoms with van der Waals surface area (Å²) in [6.45, 7) is -1.37. The highest BCUT2D eigenvalue weighted by molar-refractivity contribution is 5.85. The van der Waals surface area contributed by atoms with E-state index in [-0.39, 0.29) is 12.4 Å². The Labute approximate surface area is 73.3 Å². The van der Waals surface area contributed by atoms with Gasteiger partial charge in [-0.25, -0.2) is 10.6 Å². The van der Waals surface area contributed by atoms with Crippen molar-refractivity contribution in [3.05, 3.63) is 0 Å². The minimum Gasteiger partial charge on any atom is -0.328 e. The van der Waals surface area contributed by atoms with E-state index in [1.54, 1.807) is 5.32 Å². The van der Waals surface area contributed by atoms with Crippen molar-refractivity contribution in [2.75, 3.05) is 13.6 Å². The molecule has 0 saturated carbocycles. The number of nitrogens with one attached hydrogen (secondary N) is 1. The molecule has 0 heterocycles. The van der Waals surface area contributed by atoms with Crippen LogP contribution in [0.4, 0.5) is 18.0 Å². The number of alkyl halides is 3. The summed E-state index contributed by atoms with van der Waals surface area (Å²) in [6.07, 6.45) is -4.40. The van der Waals surface area contributed by atoms with Gasteiger partial charge in [0.25, 0.3) is 0 Å². The van der Waals surface area contributed by atoms with E-state index in [4.69, 9.17) is 5.84 Å². The second-order valence-electron chi connectivity index (χ2n) is 1.88. The maximum Gasteiger partial charge on any atom is 0.405 e. The monoisotopic (exact) mass is 207 g/mol. The number of hydrogen-bond donors (Lipinski definition) is 2. The molecule has 0 atom stereocenters. The van der Waals surface area contributed by atoms with Gasteiger partial charge in [-0.1, -0.05) is 0 Å². The number of amides is 2. The molecular formula is C4H9ClF3N3O. The molecule has 2 amide bonds. The standard InChI is InChI=1S/C4H8F3N3O.ClH/c1-10(8)3(11)9-2-4(5,6)7;/h2,8H2,1H3,(H,9,11);1H. The predicted molar refractivity (Wildman–Crippen MR) is 38.7 cm³/mol. The first-order valence-corrected chi connectivity index (χ1v) is 2.66. The molecule has 0 aliphatic rings. The van der Waals surface area contributed by atoms with Crippen molar-refractivity contribution < 1.29 is 18.0 Å². The highest BCUT2D eigenvalue weighted by atomic mass is 35.5. The maximum absolute atomic E-state index is 11.4. The fourth-order valence-electron chi connectivity index (χ4n) is 0.301. The SMILES string of the molecule is CN(N)C(=O)NCC(F)(F)F.Cl. The van der Waals surface area contributed by atoms with Gasteiger partial charge in [0.15, 0.2) is 0 Å². The van der Waals surface area contributed by atoms with E-state index in [0.29, 0.717) is 5.01 Å². The molecule has 0 bridgehead atoms. The fraction of sp³-hybridized carbons (Fsp3) is 0.750. The van der Waals surface area contributed by atoms with Crippen molar-refractivity contribution in [3.8, 4) is 0 Å². The smallest absolute Gasteiger partial charge is 0.328 e. The Hall–Kier alpha value is -0.690. The summed E-state index contributed by atoms with van der Waals surface area (Å²) in [7, 11) is 1.14. The third kappa shape index (κ3) is 7.42. The van der Waals surface area contributed by atoms with Crippen molar-refractivity contribution >= 4 is 18.4 Å². The van der Waals surface area contributed by atoms with Gasteiger partial charge >= 0.3 is 12.2 Å². The molecule has 8 heteroatoms. The van der Waals surface area contributed by atoms with Crippen molar-refractivity contribution in [3.63, 3.8) is 0 Å². The summed E-state index contributed by atoms with van der Waals surface area (Å²) >= 11 is 0. The van der Waals surface area contributed by atoms with Crippen LogP contribution in [0.3, 0.4) is 0 Å². The van der Waals surface area contributed by atoms with E-state index in [9.17, 15) is 18.0 Å². The second kappa shape index (κ2) is 5.04. The van der Waals surface area contributed by atoms with Crippen LogP contribution in [0.25, 0.3) is 0 Å². The lowest BCUT2D eigenvalue weighted by atomic mass is 10.6. The number of hydrogen-bond acceptors (Lipinski definition) is 2. The zero-order valence-electron chi connectivity index (χ0n) is 6.18. The fourth-order valence-corrected chi connectivity index (χ4v) is 0.301. The van der Waals surface area contributed by atoms with E-state index in [2.05, 4.69) is 0 Å². The molecule has 0 aliphatic carbocycles. The molecule has 0 aromatic heterocycles. The van der Waals surface area contributed by atoms with Crippen LogP contribution in [0.1, 0.15) is 0 Å². The topological polar surface area (TPSA) is 58.4 Å². The molecule has 0 unspecified atom stereocenters. The molecule has 0 saturated heterocycles. The predicted octanol–water partition coefficient (Wildman–Crippen LogP) is 0.486. The van der Waals surface area contributed by atoms with E-state index in [1.165, 1.54) is 0 Å². The van der Waals surface area contributed by atoms with Crippen molar-refractivity contribution in [1.29, 1.82) is 0 Å². The first-order chi connectivity index (χ1) is 4.83. The van der Waals surface area contributed by atoms with Gasteiger partial charge in [0.1, 0.15) is 6.54 Å².